The number of rotatable bonds is 9. The summed E-state index contributed by atoms with van der Waals surface area (Å²) in [5, 5.41) is 37.8. The molecule has 0 heterocycles. The third-order valence-corrected chi connectivity index (χ3v) is 3.94. The van der Waals surface area contributed by atoms with Gasteiger partial charge in [0.1, 0.15) is 6.23 Å². The highest BCUT2D eigenvalue weighted by Gasteiger charge is 2.34. The zero-order chi connectivity index (χ0) is 15.2. The fourth-order valence-corrected chi connectivity index (χ4v) is 2.49. The molecule has 0 aromatic heterocycles. The third kappa shape index (κ3) is 6.15. The number of aliphatic hydroxyl groups excluding tert-OH is 4. The summed E-state index contributed by atoms with van der Waals surface area (Å²) in [6.07, 6.45) is -0.364. The normalized spacial score (nSPS) is 17.7. The first kappa shape index (κ1) is 18.8. The van der Waals surface area contributed by atoms with Gasteiger partial charge >= 0.3 is 0 Å². The molecule has 0 spiro atoms. The lowest BCUT2D eigenvalue weighted by Crippen LogP contribution is -2.53. The molecule has 0 fully saturated rings. The van der Waals surface area contributed by atoms with Gasteiger partial charge in [-0.15, -0.1) is 0 Å². The van der Waals surface area contributed by atoms with Crippen LogP contribution in [-0.4, -0.2) is 77.5 Å². The van der Waals surface area contributed by atoms with Crippen molar-refractivity contribution in [2.75, 3.05) is 26.0 Å². The van der Waals surface area contributed by atoms with Gasteiger partial charge in [0.25, 0.3) is 0 Å². The van der Waals surface area contributed by atoms with Crippen LogP contribution in [0.1, 0.15) is 20.3 Å². The molecule has 7 nitrogen and oxygen atoms in total. The molecule has 0 aromatic carbocycles. The van der Waals surface area contributed by atoms with Crippen LogP contribution in [0.3, 0.4) is 0 Å². The second-order valence-electron chi connectivity index (χ2n) is 5.06. The Morgan fingerprint density at radius 1 is 1.16 bits per heavy atom. The monoisotopic (exact) mass is 299 g/mol. The Morgan fingerprint density at radius 2 is 1.68 bits per heavy atom. The van der Waals surface area contributed by atoms with Gasteiger partial charge < -0.3 is 20.4 Å². The minimum atomic E-state index is -3.83. The summed E-state index contributed by atoms with van der Waals surface area (Å²) in [7, 11) is -3.83. The first-order valence-corrected chi connectivity index (χ1v) is 8.13. The Kier molecular flexibility index (Phi) is 8.02. The van der Waals surface area contributed by atoms with E-state index in [0.29, 0.717) is 6.42 Å². The van der Waals surface area contributed by atoms with Gasteiger partial charge in [-0.3, -0.25) is 4.90 Å². The van der Waals surface area contributed by atoms with Gasteiger partial charge in [-0.2, -0.15) is 0 Å². The van der Waals surface area contributed by atoms with Gasteiger partial charge in [0.05, 0.1) is 13.2 Å². The average Bonchev–Trinajstić information content (AvgIpc) is 2.30. The summed E-state index contributed by atoms with van der Waals surface area (Å²) in [4.78, 5) is 1.21. The number of hydrogen-bond acceptors (Lipinski definition) is 7. The molecule has 116 valence electrons. The Balaban J connectivity index is 5.06. The van der Waals surface area contributed by atoms with E-state index in [2.05, 4.69) is 0 Å². The molecular formula is C11H25NO6S. The van der Waals surface area contributed by atoms with E-state index < -0.39 is 27.5 Å². The maximum atomic E-state index is 11.3. The molecule has 19 heavy (non-hydrogen) atoms. The molecule has 8 heteroatoms. The molecule has 0 aliphatic heterocycles. The van der Waals surface area contributed by atoms with E-state index in [9.17, 15) is 23.7 Å². The summed E-state index contributed by atoms with van der Waals surface area (Å²) in [5.74, 6) is 0.209. The van der Waals surface area contributed by atoms with Crippen LogP contribution in [-0.2, 0) is 9.84 Å². The summed E-state index contributed by atoms with van der Waals surface area (Å²) < 4.78 is 22.5. The van der Waals surface area contributed by atoms with Crippen molar-refractivity contribution in [3.05, 3.63) is 0 Å². The predicted octanol–water partition coefficient (Wildman–Crippen LogP) is -1.63. The van der Waals surface area contributed by atoms with Crippen molar-refractivity contribution in [2.24, 2.45) is 5.92 Å². The molecule has 0 saturated heterocycles. The Labute approximate surface area is 114 Å². The molecule has 0 radical (unpaired) electrons. The van der Waals surface area contributed by atoms with Gasteiger partial charge in [-0.1, -0.05) is 13.8 Å². The predicted molar refractivity (Wildman–Crippen MR) is 71.0 cm³/mol. The first-order valence-electron chi connectivity index (χ1n) is 6.17. The minimum absolute atomic E-state index is 0.0360. The Bertz CT molecular complexity index is 345. The van der Waals surface area contributed by atoms with E-state index >= 15 is 0 Å². The van der Waals surface area contributed by atoms with Crippen LogP contribution in [0.25, 0.3) is 0 Å². The highest BCUT2D eigenvalue weighted by molar-refractivity contribution is 7.91. The molecule has 3 unspecified atom stereocenters. The molecule has 0 amide bonds. The Morgan fingerprint density at radius 3 is 2.00 bits per heavy atom. The molecule has 4 N–H and O–H groups in total. The van der Waals surface area contributed by atoms with Crippen molar-refractivity contribution in [2.45, 2.75) is 38.0 Å². The fraction of sp³-hybridized carbons (Fsp3) is 1.00. The lowest BCUT2D eigenvalue weighted by Gasteiger charge is -2.36. The first-order chi connectivity index (χ1) is 8.65. The van der Waals surface area contributed by atoms with E-state index in [1.165, 1.54) is 4.90 Å². The average molecular weight is 299 g/mol. The number of hydrogen-bond donors (Lipinski definition) is 4. The zero-order valence-electron chi connectivity index (χ0n) is 11.6. The van der Waals surface area contributed by atoms with Crippen LogP contribution in [0.15, 0.2) is 0 Å². The second-order valence-corrected chi connectivity index (χ2v) is 7.20. The number of sulfone groups is 1. The van der Waals surface area contributed by atoms with Crippen LogP contribution in [0.5, 0.6) is 0 Å². The summed E-state index contributed by atoms with van der Waals surface area (Å²) in [5.41, 5.74) is -1.97. The van der Waals surface area contributed by atoms with Gasteiger partial charge in [0, 0.05) is 18.8 Å². The van der Waals surface area contributed by atoms with Gasteiger partial charge in [0.15, 0.2) is 15.3 Å². The van der Waals surface area contributed by atoms with Crippen molar-refractivity contribution >= 4 is 9.84 Å². The number of nitrogens with zero attached hydrogens (tertiary/aromatic N) is 1. The molecule has 0 aliphatic rings. The van der Waals surface area contributed by atoms with Crippen LogP contribution in [0.2, 0.25) is 0 Å². The topological polar surface area (TPSA) is 118 Å². The standard InChI is InChI=1S/C11H25NO6S/c1-8(2)6-9(7-14)12(4-5-13)10(15)11(16)19(3,17)18/h8-11,13-16H,4-7H2,1-3H3. The smallest absolute Gasteiger partial charge is 0.194 e. The van der Waals surface area contributed by atoms with Gasteiger partial charge in [-0.25, -0.2) is 8.42 Å². The van der Waals surface area contributed by atoms with Crippen molar-refractivity contribution in [3.8, 4) is 0 Å². The third-order valence-electron chi connectivity index (χ3n) is 2.81. The van der Waals surface area contributed by atoms with Crippen molar-refractivity contribution in [3.63, 3.8) is 0 Å². The SMILES string of the molecule is CC(C)CC(CO)N(CCO)C(O)C(O)S(C)(=O)=O. The minimum Gasteiger partial charge on any atom is -0.395 e. The summed E-state index contributed by atoms with van der Waals surface area (Å²) in [6, 6.07) is -0.529. The molecule has 0 rings (SSSR count). The highest BCUT2D eigenvalue weighted by Crippen LogP contribution is 2.16. The quantitative estimate of drug-likeness (QED) is 0.377. The Hall–Kier alpha value is -0.250. The molecule has 0 bridgehead atoms. The zero-order valence-corrected chi connectivity index (χ0v) is 12.4. The van der Waals surface area contributed by atoms with E-state index in [4.69, 9.17) is 5.11 Å². The second kappa shape index (κ2) is 8.13. The van der Waals surface area contributed by atoms with Crippen LogP contribution >= 0.6 is 0 Å². The number of aliphatic hydroxyl groups is 4. The van der Waals surface area contributed by atoms with Crippen LogP contribution < -0.4 is 0 Å². The molecule has 0 saturated carbocycles. The van der Waals surface area contributed by atoms with Gasteiger partial charge in [0.2, 0.25) is 0 Å². The van der Waals surface area contributed by atoms with Crippen LogP contribution in [0, 0.1) is 5.92 Å². The molecule has 3 atom stereocenters. The van der Waals surface area contributed by atoms with E-state index in [-0.39, 0.29) is 25.7 Å². The summed E-state index contributed by atoms with van der Waals surface area (Å²) >= 11 is 0. The molecule has 0 aromatic rings. The van der Waals surface area contributed by atoms with E-state index in [1.807, 2.05) is 13.8 Å². The van der Waals surface area contributed by atoms with Crippen molar-refractivity contribution in [1.82, 2.24) is 4.90 Å². The van der Waals surface area contributed by atoms with Crippen LogP contribution in [0.4, 0.5) is 0 Å². The molecule has 0 aliphatic carbocycles. The lowest BCUT2D eigenvalue weighted by molar-refractivity contribution is -0.0896. The lowest BCUT2D eigenvalue weighted by atomic mass is 10.0. The van der Waals surface area contributed by atoms with Crippen molar-refractivity contribution < 1.29 is 28.8 Å². The molecular weight excluding hydrogens is 274 g/mol. The fourth-order valence-electron chi connectivity index (χ4n) is 1.89. The highest BCUT2D eigenvalue weighted by atomic mass is 32.2. The maximum Gasteiger partial charge on any atom is 0.194 e. The summed E-state index contributed by atoms with van der Waals surface area (Å²) in [6.45, 7) is 3.18. The van der Waals surface area contributed by atoms with E-state index in [0.717, 1.165) is 6.26 Å². The van der Waals surface area contributed by atoms with Crippen molar-refractivity contribution in [1.29, 1.82) is 0 Å². The maximum absolute atomic E-state index is 11.3. The van der Waals surface area contributed by atoms with Gasteiger partial charge in [-0.05, 0) is 12.3 Å². The largest absolute Gasteiger partial charge is 0.395 e. The van der Waals surface area contributed by atoms with E-state index in [1.54, 1.807) is 0 Å².